The minimum atomic E-state index is -0.466. The van der Waals surface area contributed by atoms with Crippen molar-refractivity contribution in [2.24, 2.45) is 5.41 Å². The number of anilines is 1. The lowest BCUT2D eigenvalue weighted by molar-refractivity contribution is -0.384. The van der Waals surface area contributed by atoms with Gasteiger partial charge in [0.1, 0.15) is 0 Å². The van der Waals surface area contributed by atoms with Crippen molar-refractivity contribution in [3.63, 3.8) is 0 Å². The summed E-state index contributed by atoms with van der Waals surface area (Å²) in [6.07, 6.45) is 4.49. The molecule has 2 amide bonds. The van der Waals surface area contributed by atoms with Crippen molar-refractivity contribution in [3.8, 4) is 0 Å². The van der Waals surface area contributed by atoms with Gasteiger partial charge >= 0.3 is 6.03 Å². The minimum Gasteiger partial charge on any atom is -0.378 e. The monoisotopic (exact) mass is 319 g/mol. The Kier molecular flexibility index (Phi) is 4.21. The summed E-state index contributed by atoms with van der Waals surface area (Å²) in [5, 5.41) is 16.4. The number of nitro groups is 1. The first-order valence-corrected chi connectivity index (χ1v) is 7.99. The standard InChI is InChI=1S/C16H21N3O4/c1-2-23-14-10-13(16(14)8-3-9-16)18-15(20)17-11-4-6-12(7-5-11)19(21)22/h4-7,13-14H,2-3,8-10H2,1H3,(H2,17,18,20)/t13-,14-/m1/s1. The van der Waals surface area contributed by atoms with Gasteiger partial charge in [0.15, 0.2) is 0 Å². The maximum atomic E-state index is 12.1. The molecule has 0 radical (unpaired) electrons. The van der Waals surface area contributed by atoms with Gasteiger partial charge in [-0.15, -0.1) is 0 Å². The number of carbonyl (C=O) groups is 1. The normalized spacial score (nSPS) is 24.4. The van der Waals surface area contributed by atoms with Gasteiger partial charge in [-0.25, -0.2) is 4.79 Å². The van der Waals surface area contributed by atoms with Gasteiger partial charge < -0.3 is 15.4 Å². The fourth-order valence-electron chi connectivity index (χ4n) is 3.63. The van der Waals surface area contributed by atoms with Gasteiger partial charge in [0.2, 0.25) is 0 Å². The second kappa shape index (κ2) is 6.16. The molecule has 0 heterocycles. The Morgan fingerprint density at radius 2 is 2.09 bits per heavy atom. The van der Waals surface area contributed by atoms with E-state index in [2.05, 4.69) is 10.6 Å². The zero-order chi connectivity index (χ0) is 16.4. The maximum absolute atomic E-state index is 12.1. The molecular formula is C16H21N3O4. The summed E-state index contributed by atoms with van der Waals surface area (Å²) in [4.78, 5) is 22.3. The largest absolute Gasteiger partial charge is 0.378 e. The second-order valence-electron chi connectivity index (χ2n) is 6.22. The summed E-state index contributed by atoms with van der Waals surface area (Å²) < 4.78 is 5.77. The first-order chi connectivity index (χ1) is 11.0. The highest BCUT2D eigenvalue weighted by Crippen LogP contribution is 2.57. The average Bonchev–Trinajstić information content (AvgIpc) is 2.44. The van der Waals surface area contributed by atoms with Gasteiger partial charge in [-0.1, -0.05) is 6.42 Å². The van der Waals surface area contributed by atoms with Crippen LogP contribution in [-0.4, -0.2) is 29.7 Å². The molecule has 2 aliphatic carbocycles. The van der Waals surface area contributed by atoms with E-state index in [1.165, 1.54) is 30.7 Å². The third-order valence-corrected chi connectivity index (χ3v) is 5.08. The average molecular weight is 319 g/mol. The molecule has 1 aromatic carbocycles. The number of benzene rings is 1. The Hall–Kier alpha value is -2.15. The number of hydrogen-bond acceptors (Lipinski definition) is 4. The number of ether oxygens (including phenoxy) is 1. The first kappa shape index (κ1) is 15.7. The zero-order valence-corrected chi connectivity index (χ0v) is 13.1. The van der Waals surface area contributed by atoms with Crippen molar-refractivity contribution in [2.45, 2.75) is 44.8 Å². The van der Waals surface area contributed by atoms with Crippen molar-refractivity contribution in [1.82, 2.24) is 5.32 Å². The van der Waals surface area contributed by atoms with Crippen LogP contribution in [0.4, 0.5) is 16.2 Å². The third kappa shape index (κ3) is 2.88. The van der Waals surface area contributed by atoms with Crippen molar-refractivity contribution >= 4 is 17.4 Å². The molecule has 7 nitrogen and oxygen atoms in total. The highest BCUT2D eigenvalue weighted by Gasteiger charge is 2.59. The predicted molar refractivity (Wildman–Crippen MR) is 85.4 cm³/mol. The van der Waals surface area contributed by atoms with E-state index in [1.807, 2.05) is 6.92 Å². The van der Waals surface area contributed by atoms with Gasteiger partial charge in [0.25, 0.3) is 5.69 Å². The van der Waals surface area contributed by atoms with E-state index in [1.54, 1.807) is 0 Å². The molecule has 2 saturated carbocycles. The molecule has 2 aliphatic rings. The van der Waals surface area contributed by atoms with E-state index >= 15 is 0 Å². The number of amides is 2. The molecule has 3 rings (SSSR count). The number of non-ortho nitro benzene ring substituents is 1. The van der Waals surface area contributed by atoms with E-state index < -0.39 is 4.92 Å². The number of carbonyl (C=O) groups excluding carboxylic acids is 1. The number of hydrogen-bond donors (Lipinski definition) is 2. The predicted octanol–water partition coefficient (Wildman–Crippen LogP) is 3.06. The Morgan fingerprint density at radius 1 is 1.39 bits per heavy atom. The zero-order valence-electron chi connectivity index (χ0n) is 13.1. The second-order valence-corrected chi connectivity index (χ2v) is 6.22. The number of urea groups is 1. The smallest absolute Gasteiger partial charge is 0.319 e. The van der Waals surface area contributed by atoms with Crippen LogP contribution in [0.25, 0.3) is 0 Å². The molecule has 2 fully saturated rings. The molecule has 0 aromatic heterocycles. The lowest BCUT2D eigenvalue weighted by Crippen LogP contribution is -2.68. The molecule has 0 aliphatic heterocycles. The van der Waals surface area contributed by atoms with Crippen LogP contribution in [0.5, 0.6) is 0 Å². The van der Waals surface area contributed by atoms with E-state index in [0.29, 0.717) is 12.3 Å². The SMILES string of the molecule is CCO[C@@H]1C[C@@H](NC(=O)Nc2ccc([N+](=O)[O-])cc2)C12CCC2. The number of nitrogens with one attached hydrogen (secondary N) is 2. The fourth-order valence-corrected chi connectivity index (χ4v) is 3.63. The Morgan fingerprint density at radius 3 is 2.61 bits per heavy atom. The molecule has 2 N–H and O–H groups in total. The summed E-state index contributed by atoms with van der Waals surface area (Å²) in [7, 11) is 0. The summed E-state index contributed by atoms with van der Waals surface area (Å²) in [6, 6.07) is 5.67. The van der Waals surface area contributed by atoms with Crippen molar-refractivity contribution < 1.29 is 14.5 Å². The van der Waals surface area contributed by atoms with Crippen LogP contribution in [-0.2, 0) is 4.74 Å². The molecule has 124 valence electrons. The van der Waals surface area contributed by atoms with Crippen LogP contribution in [0.15, 0.2) is 24.3 Å². The molecule has 1 aromatic rings. The van der Waals surface area contributed by atoms with Gasteiger partial charge in [-0.3, -0.25) is 10.1 Å². The lowest BCUT2D eigenvalue weighted by Gasteiger charge is -2.60. The van der Waals surface area contributed by atoms with Gasteiger partial charge in [0, 0.05) is 35.9 Å². The summed E-state index contributed by atoms with van der Waals surface area (Å²) in [5.41, 5.74) is 0.655. The van der Waals surface area contributed by atoms with Crippen LogP contribution in [0, 0.1) is 15.5 Å². The highest BCUT2D eigenvalue weighted by molar-refractivity contribution is 5.89. The Labute approximate surface area is 134 Å². The molecule has 0 bridgehead atoms. The quantitative estimate of drug-likeness (QED) is 0.644. The molecule has 23 heavy (non-hydrogen) atoms. The van der Waals surface area contributed by atoms with Crippen LogP contribution >= 0.6 is 0 Å². The number of nitrogens with zero attached hydrogens (tertiary/aromatic N) is 1. The van der Waals surface area contributed by atoms with E-state index in [0.717, 1.165) is 19.3 Å². The Bertz CT molecular complexity index is 598. The van der Waals surface area contributed by atoms with Crippen LogP contribution in [0.3, 0.4) is 0 Å². The van der Waals surface area contributed by atoms with E-state index in [-0.39, 0.29) is 29.3 Å². The van der Waals surface area contributed by atoms with E-state index in [9.17, 15) is 14.9 Å². The summed E-state index contributed by atoms with van der Waals surface area (Å²) in [6.45, 7) is 2.70. The number of rotatable bonds is 5. The van der Waals surface area contributed by atoms with Gasteiger partial charge in [-0.05, 0) is 38.3 Å². The van der Waals surface area contributed by atoms with Crippen molar-refractivity contribution in [3.05, 3.63) is 34.4 Å². The fraction of sp³-hybridized carbons (Fsp3) is 0.562. The van der Waals surface area contributed by atoms with Crippen LogP contribution in [0.1, 0.15) is 32.6 Å². The highest BCUT2D eigenvalue weighted by atomic mass is 16.6. The molecule has 1 spiro atoms. The Balaban J connectivity index is 1.55. The number of nitro benzene ring substituents is 1. The van der Waals surface area contributed by atoms with Crippen LogP contribution < -0.4 is 10.6 Å². The van der Waals surface area contributed by atoms with Gasteiger partial charge in [-0.2, -0.15) is 0 Å². The van der Waals surface area contributed by atoms with Gasteiger partial charge in [0.05, 0.1) is 11.0 Å². The first-order valence-electron chi connectivity index (χ1n) is 7.99. The molecular weight excluding hydrogens is 298 g/mol. The summed E-state index contributed by atoms with van der Waals surface area (Å²) >= 11 is 0. The van der Waals surface area contributed by atoms with E-state index in [4.69, 9.17) is 4.74 Å². The molecule has 7 heteroatoms. The molecule has 0 saturated heterocycles. The summed E-state index contributed by atoms with van der Waals surface area (Å²) in [5.74, 6) is 0. The van der Waals surface area contributed by atoms with Crippen molar-refractivity contribution in [2.75, 3.05) is 11.9 Å². The van der Waals surface area contributed by atoms with Crippen molar-refractivity contribution in [1.29, 1.82) is 0 Å². The lowest BCUT2D eigenvalue weighted by atomic mass is 9.51. The molecule has 0 unspecified atom stereocenters. The third-order valence-electron chi connectivity index (χ3n) is 5.08. The molecule has 2 atom stereocenters. The minimum absolute atomic E-state index is 0.00271. The topological polar surface area (TPSA) is 93.5 Å². The van der Waals surface area contributed by atoms with Crippen LogP contribution in [0.2, 0.25) is 0 Å². The maximum Gasteiger partial charge on any atom is 0.319 e.